The van der Waals surface area contributed by atoms with Gasteiger partial charge in [0.2, 0.25) is 0 Å². The minimum Gasteiger partial charge on any atom is -0.376 e. The molecule has 0 saturated carbocycles. The van der Waals surface area contributed by atoms with Crippen molar-refractivity contribution in [2.45, 2.75) is 32.9 Å². The highest BCUT2D eigenvalue weighted by Crippen LogP contribution is 2.33. The number of rotatable bonds is 9. The van der Waals surface area contributed by atoms with Crippen LogP contribution in [0.3, 0.4) is 0 Å². The lowest BCUT2D eigenvalue weighted by Gasteiger charge is -2.29. The fourth-order valence-corrected chi connectivity index (χ4v) is 6.87. The Hall–Kier alpha value is -3.92. The number of nitrogens with one attached hydrogen (secondary N) is 1. The number of fused-ring (bicyclic) bond motifs is 2. The summed E-state index contributed by atoms with van der Waals surface area (Å²) in [5.74, 6) is -0.216. The lowest BCUT2D eigenvalue weighted by molar-refractivity contribution is 0.100. The number of ketones is 1. The molecule has 0 aliphatic carbocycles. The van der Waals surface area contributed by atoms with Crippen molar-refractivity contribution in [1.29, 1.82) is 0 Å². The number of hydrogen-bond donors (Lipinski definition) is 1. The van der Waals surface area contributed by atoms with Crippen LogP contribution in [0.2, 0.25) is 0 Å². The smallest absolute Gasteiger partial charge is 0.257 e. The summed E-state index contributed by atoms with van der Waals surface area (Å²) in [6, 6.07) is 23.8. The SMILES string of the molecule is CC(=O)c1nc(N2CCc3cccc(C(=O)Nc4nc5ccccc5s4)c3C2)sc1CCOCc1ccccc1. The molecular formula is C31H28N4O3S2. The maximum Gasteiger partial charge on any atom is 0.257 e. The number of Topliss-reactive ketones (excluding diaryl/α,β-unsaturated/α-hetero) is 1. The summed E-state index contributed by atoms with van der Waals surface area (Å²) in [6.45, 7) is 3.92. The Morgan fingerprint density at radius 2 is 1.80 bits per heavy atom. The molecule has 0 atom stereocenters. The third kappa shape index (κ3) is 5.67. The third-order valence-electron chi connectivity index (χ3n) is 6.91. The van der Waals surface area contributed by atoms with E-state index in [0.717, 1.165) is 49.9 Å². The van der Waals surface area contributed by atoms with Gasteiger partial charge in [0.1, 0.15) is 5.69 Å². The third-order valence-corrected chi connectivity index (χ3v) is 9.03. The largest absolute Gasteiger partial charge is 0.376 e. The second-order valence-electron chi connectivity index (χ2n) is 9.67. The molecule has 0 radical (unpaired) electrons. The molecule has 3 heterocycles. The highest BCUT2D eigenvalue weighted by Gasteiger charge is 2.26. The first-order chi connectivity index (χ1) is 19.5. The number of carbonyl (C=O) groups is 2. The molecule has 0 unspecified atom stereocenters. The van der Waals surface area contributed by atoms with Gasteiger partial charge in [0, 0.05) is 36.9 Å². The summed E-state index contributed by atoms with van der Waals surface area (Å²) in [4.78, 5) is 38.2. The summed E-state index contributed by atoms with van der Waals surface area (Å²) in [5.41, 5.74) is 5.28. The molecule has 5 aromatic rings. The van der Waals surface area contributed by atoms with E-state index in [9.17, 15) is 9.59 Å². The quantitative estimate of drug-likeness (QED) is 0.161. The highest BCUT2D eigenvalue weighted by molar-refractivity contribution is 7.22. The van der Waals surface area contributed by atoms with Gasteiger partial charge in [0.05, 0.1) is 23.4 Å². The predicted octanol–water partition coefficient (Wildman–Crippen LogP) is 6.53. The first kappa shape index (κ1) is 26.3. The van der Waals surface area contributed by atoms with Crippen molar-refractivity contribution in [2.75, 3.05) is 23.4 Å². The predicted molar refractivity (Wildman–Crippen MR) is 161 cm³/mol. The Labute approximate surface area is 240 Å². The lowest BCUT2D eigenvalue weighted by Crippen LogP contribution is -2.32. The number of nitrogens with zero attached hydrogens (tertiary/aromatic N) is 3. The van der Waals surface area contributed by atoms with Gasteiger partial charge in [-0.05, 0) is 41.3 Å². The molecule has 3 aromatic carbocycles. The van der Waals surface area contributed by atoms with E-state index in [2.05, 4.69) is 21.3 Å². The van der Waals surface area contributed by atoms with Crippen molar-refractivity contribution in [3.8, 4) is 0 Å². The van der Waals surface area contributed by atoms with Crippen molar-refractivity contribution in [1.82, 2.24) is 9.97 Å². The van der Waals surface area contributed by atoms with Gasteiger partial charge < -0.3 is 9.64 Å². The van der Waals surface area contributed by atoms with E-state index >= 15 is 0 Å². The molecule has 0 fully saturated rings. The Morgan fingerprint density at radius 1 is 0.975 bits per heavy atom. The molecule has 0 spiro atoms. The highest BCUT2D eigenvalue weighted by atomic mass is 32.1. The molecule has 1 aliphatic rings. The van der Waals surface area contributed by atoms with Crippen molar-refractivity contribution < 1.29 is 14.3 Å². The van der Waals surface area contributed by atoms with Gasteiger partial charge in [-0.3, -0.25) is 14.9 Å². The van der Waals surface area contributed by atoms with Gasteiger partial charge in [0.15, 0.2) is 16.0 Å². The van der Waals surface area contributed by atoms with Crippen LogP contribution in [-0.4, -0.2) is 34.8 Å². The summed E-state index contributed by atoms with van der Waals surface area (Å²) in [7, 11) is 0. The van der Waals surface area contributed by atoms with Crippen molar-refractivity contribution >= 4 is 54.8 Å². The molecule has 40 heavy (non-hydrogen) atoms. The zero-order chi connectivity index (χ0) is 27.5. The average molecular weight is 569 g/mol. The van der Waals surface area contributed by atoms with E-state index in [4.69, 9.17) is 9.72 Å². The normalized spacial score (nSPS) is 12.9. The maximum absolute atomic E-state index is 13.4. The molecule has 9 heteroatoms. The molecule has 202 valence electrons. The van der Waals surface area contributed by atoms with Crippen LogP contribution in [-0.2, 0) is 30.7 Å². The van der Waals surface area contributed by atoms with E-state index in [1.807, 2.05) is 66.7 Å². The van der Waals surface area contributed by atoms with Crippen molar-refractivity contribution in [2.24, 2.45) is 0 Å². The Bertz CT molecular complexity index is 1650. The molecule has 2 aromatic heterocycles. The molecule has 0 saturated heterocycles. The van der Waals surface area contributed by atoms with Crippen LogP contribution in [0.5, 0.6) is 0 Å². The zero-order valence-corrected chi connectivity index (χ0v) is 23.7. The van der Waals surface area contributed by atoms with Crippen LogP contribution in [0.25, 0.3) is 10.2 Å². The molecule has 1 N–H and O–H groups in total. The van der Waals surface area contributed by atoms with Gasteiger partial charge in [-0.15, -0.1) is 11.3 Å². The Morgan fingerprint density at radius 3 is 2.62 bits per heavy atom. The second-order valence-corrected chi connectivity index (χ2v) is 11.8. The number of hydrogen-bond acceptors (Lipinski definition) is 8. The number of thiazole rings is 2. The molecule has 6 rings (SSSR count). The number of anilines is 2. The zero-order valence-electron chi connectivity index (χ0n) is 22.1. The molecule has 0 bridgehead atoms. The number of para-hydroxylation sites is 1. The minimum atomic E-state index is -0.169. The van der Waals surface area contributed by atoms with Crippen LogP contribution in [0.4, 0.5) is 10.3 Å². The van der Waals surface area contributed by atoms with Crippen LogP contribution in [0.1, 0.15) is 49.3 Å². The first-order valence-corrected chi connectivity index (χ1v) is 14.8. The van der Waals surface area contributed by atoms with Crippen LogP contribution in [0, 0.1) is 0 Å². The number of carbonyl (C=O) groups excluding carboxylic acids is 2. The van der Waals surface area contributed by atoms with Crippen molar-refractivity contribution in [3.63, 3.8) is 0 Å². The average Bonchev–Trinajstić information content (AvgIpc) is 3.59. The summed E-state index contributed by atoms with van der Waals surface area (Å²) in [5, 5.41) is 4.39. The number of ether oxygens (including phenoxy) is 1. The van der Waals surface area contributed by atoms with Gasteiger partial charge >= 0.3 is 0 Å². The fourth-order valence-electron chi connectivity index (χ4n) is 4.90. The molecule has 7 nitrogen and oxygen atoms in total. The number of aromatic nitrogens is 2. The van der Waals surface area contributed by atoms with E-state index in [-0.39, 0.29) is 11.7 Å². The van der Waals surface area contributed by atoms with Crippen molar-refractivity contribution in [3.05, 3.63) is 106 Å². The van der Waals surface area contributed by atoms with E-state index in [1.165, 1.54) is 22.7 Å². The standard InChI is InChI=1S/C31H28N4O3S2/c1-20(36)28-27(15-17-38-19-21-8-3-2-4-9-21)40-31(33-28)35-16-14-22-10-7-11-23(24(22)18-35)29(37)34-30-32-25-12-5-6-13-26(25)39-30/h2-13H,14-19H2,1H3,(H,32,34,37). The number of benzene rings is 3. The van der Waals surface area contributed by atoms with Crippen LogP contribution < -0.4 is 10.2 Å². The topological polar surface area (TPSA) is 84.4 Å². The Kier molecular flexibility index (Phi) is 7.68. The summed E-state index contributed by atoms with van der Waals surface area (Å²) >= 11 is 3.00. The molecular weight excluding hydrogens is 541 g/mol. The molecule has 1 amide bonds. The van der Waals surface area contributed by atoms with Gasteiger partial charge in [0.25, 0.3) is 5.91 Å². The van der Waals surface area contributed by atoms with E-state index in [1.54, 1.807) is 6.92 Å². The van der Waals surface area contributed by atoms with Gasteiger partial charge in [-0.1, -0.05) is 65.9 Å². The Balaban J connectivity index is 1.17. The van der Waals surface area contributed by atoms with Crippen LogP contribution >= 0.6 is 22.7 Å². The first-order valence-electron chi connectivity index (χ1n) is 13.2. The molecule has 1 aliphatic heterocycles. The van der Waals surface area contributed by atoms with Gasteiger partial charge in [-0.25, -0.2) is 9.97 Å². The minimum absolute atomic E-state index is 0.0473. The maximum atomic E-state index is 13.4. The van der Waals surface area contributed by atoms with Crippen LogP contribution in [0.15, 0.2) is 72.8 Å². The second kappa shape index (κ2) is 11.7. The summed E-state index contributed by atoms with van der Waals surface area (Å²) < 4.78 is 6.91. The van der Waals surface area contributed by atoms with E-state index < -0.39 is 0 Å². The number of amides is 1. The summed E-state index contributed by atoms with van der Waals surface area (Å²) in [6.07, 6.45) is 1.42. The van der Waals surface area contributed by atoms with Gasteiger partial charge in [-0.2, -0.15) is 0 Å². The lowest BCUT2D eigenvalue weighted by atomic mass is 9.94. The van der Waals surface area contributed by atoms with E-state index in [0.29, 0.717) is 42.6 Å². The monoisotopic (exact) mass is 568 g/mol. The fraction of sp³-hybridized carbons (Fsp3) is 0.226.